The fourth-order valence-electron chi connectivity index (χ4n) is 5.51. The third-order valence-electron chi connectivity index (χ3n) is 7.57. The number of likely N-dealkylation sites (tertiary alicyclic amines) is 1. The molecule has 5 rings (SSSR count). The summed E-state index contributed by atoms with van der Waals surface area (Å²) in [5.41, 5.74) is 8.52. The van der Waals surface area contributed by atoms with E-state index in [-0.39, 0.29) is 34.7 Å². The molecule has 0 amide bonds. The minimum absolute atomic E-state index is 0.0497. The number of benzene rings is 1. The number of piperidine rings is 1. The molecule has 2 aromatic heterocycles. The Balaban J connectivity index is 1.21. The summed E-state index contributed by atoms with van der Waals surface area (Å²) >= 11 is 0. The summed E-state index contributed by atoms with van der Waals surface area (Å²) in [7, 11) is 0. The molecule has 10 nitrogen and oxygen atoms in total. The van der Waals surface area contributed by atoms with Gasteiger partial charge >= 0.3 is 0 Å². The number of aromatic amines is 1. The second kappa shape index (κ2) is 11.0. The molecule has 0 saturated carbocycles. The molecule has 1 aromatic carbocycles. The minimum Gasteiger partial charge on any atom is -0.416 e. The molecule has 1 atom stereocenters. The lowest BCUT2D eigenvalue weighted by Crippen LogP contribution is -2.59. The van der Waals surface area contributed by atoms with E-state index < -0.39 is 6.67 Å². The molecule has 3 aromatic rings. The van der Waals surface area contributed by atoms with Crippen molar-refractivity contribution in [3.05, 3.63) is 51.6 Å². The third kappa shape index (κ3) is 5.52. The van der Waals surface area contributed by atoms with Crippen LogP contribution in [0.3, 0.4) is 0 Å². The molecular weight excluding hydrogens is 475 g/mol. The quantitative estimate of drug-likeness (QED) is 0.494. The van der Waals surface area contributed by atoms with Gasteiger partial charge in [0.2, 0.25) is 5.89 Å². The first-order chi connectivity index (χ1) is 17.9. The van der Waals surface area contributed by atoms with Gasteiger partial charge in [-0.25, -0.2) is 9.37 Å². The number of anilines is 2. The maximum Gasteiger partial charge on any atom is 0.291 e. The Kier molecular flexibility index (Phi) is 7.52. The number of piperazine rings is 1. The molecule has 0 spiro atoms. The van der Waals surface area contributed by atoms with Gasteiger partial charge in [0.25, 0.3) is 11.4 Å². The van der Waals surface area contributed by atoms with Crippen molar-refractivity contribution in [2.75, 3.05) is 43.4 Å². The molecule has 4 heterocycles. The van der Waals surface area contributed by atoms with E-state index in [1.54, 1.807) is 0 Å². The van der Waals surface area contributed by atoms with Crippen LogP contribution in [-0.2, 0) is 13.2 Å². The van der Waals surface area contributed by atoms with Gasteiger partial charge in [0.15, 0.2) is 18.3 Å². The number of halogens is 1. The minimum atomic E-state index is -0.892. The highest BCUT2D eigenvalue weighted by molar-refractivity contribution is 5.64. The second-order valence-electron chi connectivity index (χ2n) is 10.0. The number of nitrogens with zero attached hydrogens (tertiary/aromatic N) is 6. The lowest BCUT2D eigenvalue weighted by Gasteiger charge is -2.47. The van der Waals surface area contributed by atoms with Crippen LogP contribution in [-0.4, -0.2) is 74.8 Å². The largest absolute Gasteiger partial charge is 0.416 e. The van der Waals surface area contributed by atoms with Crippen molar-refractivity contribution < 1.29 is 8.81 Å². The zero-order valence-corrected chi connectivity index (χ0v) is 21.5. The van der Waals surface area contributed by atoms with E-state index in [1.165, 1.54) is 11.1 Å². The van der Waals surface area contributed by atoms with Gasteiger partial charge in [-0.05, 0) is 44.8 Å². The zero-order valence-electron chi connectivity index (χ0n) is 21.5. The van der Waals surface area contributed by atoms with E-state index in [0.717, 1.165) is 45.4 Å². The van der Waals surface area contributed by atoms with Crippen molar-refractivity contribution in [2.24, 2.45) is 0 Å². The van der Waals surface area contributed by atoms with Gasteiger partial charge < -0.3 is 20.0 Å². The number of nitrogen functional groups attached to an aromatic ring is 1. The molecule has 0 radical (unpaired) electrons. The first-order valence-corrected chi connectivity index (χ1v) is 13.0. The second-order valence-corrected chi connectivity index (χ2v) is 10.0. The molecule has 0 bridgehead atoms. The Morgan fingerprint density at radius 2 is 1.89 bits per heavy atom. The summed E-state index contributed by atoms with van der Waals surface area (Å²) in [5, 5.41) is 7.33. The van der Waals surface area contributed by atoms with Crippen LogP contribution in [0, 0.1) is 6.92 Å². The molecule has 2 aliphatic rings. The van der Waals surface area contributed by atoms with E-state index in [9.17, 15) is 9.18 Å². The molecule has 198 valence electrons. The average molecular weight is 511 g/mol. The molecule has 2 saturated heterocycles. The number of aryl methyl sites for hydroxylation is 1. The average Bonchev–Trinajstić information content (AvgIpc) is 3.40. The lowest BCUT2D eigenvalue weighted by molar-refractivity contribution is 0.0610. The van der Waals surface area contributed by atoms with Gasteiger partial charge in [-0.3, -0.25) is 14.6 Å². The smallest absolute Gasteiger partial charge is 0.291 e. The maximum atomic E-state index is 12.9. The predicted octanol–water partition coefficient (Wildman–Crippen LogP) is 2.75. The summed E-state index contributed by atoms with van der Waals surface area (Å²) in [4.78, 5) is 27.2. The number of hydrogen-bond acceptors (Lipinski definition) is 9. The molecule has 0 aliphatic carbocycles. The lowest BCUT2D eigenvalue weighted by atomic mass is 9.97. The predicted molar refractivity (Wildman–Crippen MR) is 140 cm³/mol. The van der Waals surface area contributed by atoms with E-state index in [4.69, 9.17) is 10.2 Å². The van der Waals surface area contributed by atoms with Gasteiger partial charge in [-0.2, -0.15) is 0 Å². The van der Waals surface area contributed by atoms with Crippen LogP contribution in [0.25, 0.3) is 11.6 Å². The van der Waals surface area contributed by atoms with Crippen LogP contribution in [0.5, 0.6) is 0 Å². The number of aromatic nitrogens is 4. The van der Waals surface area contributed by atoms with Crippen molar-refractivity contribution in [3.8, 4) is 11.6 Å². The number of hydrogen-bond donors (Lipinski definition) is 2. The standard InChI is InChI=1S/C26H35FN8O2/c1-3-19-16-34(24-25(36)29-22(23(28)30-24)26-32-31-21(14-27)37-26)12-13-35(19)20-8-10-33(11-9-20)15-18-6-4-17(2)5-7-18/h4-7,19-20H,3,8-16H2,1-2H3,(H2,28,30)(H,29,36). The summed E-state index contributed by atoms with van der Waals surface area (Å²) in [6.45, 7) is 8.88. The molecular formula is C26H35FN8O2. The van der Waals surface area contributed by atoms with Gasteiger partial charge in [-0.15, -0.1) is 10.2 Å². The Morgan fingerprint density at radius 1 is 1.14 bits per heavy atom. The van der Waals surface area contributed by atoms with Crippen LogP contribution in [0.4, 0.5) is 16.0 Å². The van der Waals surface area contributed by atoms with Crippen molar-refractivity contribution in [1.82, 2.24) is 30.0 Å². The van der Waals surface area contributed by atoms with Crippen LogP contribution < -0.4 is 16.2 Å². The van der Waals surface area contributed by atoms with Gasteiger partial charge in [0.1, 0.15) is 5.69 Å². The number of alkyl halides is 1. The topological polar surface area (TPSA) is 120 Å². The number of nitrogens with two attached hydrogens (primary N) is 1. The Morgan fingerprint density at radius 3 is 2.57 bits per heavy atom. The first kappa shape index (κ1) is 25.3. The van der Waals surface area contributed by atoms with Crippen molar-refractivity contribution in [2.45, 2.75) is 58.4 Å². The van der Waals surface area contributed by atoms with Crippen molar-refractivity contribution >= 4 is 11.6 Å². The highest BCUT2D eigenvalue weighted by atomic mass is 19.1. The number of H-pyrrole nitrogens is 1. The molecule has 2 fully saturated rings. The van der Waals surface area contributed by atoms with Gasteiger partial charge in [-0.1, -0.05) is 36.8 Å². The fourth-order valence-corrected chi connectivity index (χ4v) is 5.51. The van der Waals surface area contributed by atoms with E-state index in [2.05, 4.69) is 68.1 Å². The molecule has 11 heteroatoms. The molecule has 37 heavy (non-hydrogen) atoms. The Bertz CT molecular complexity index is 1250. The first-order valence-electron chi connectivity index (χ1n) is 13.0. The van der Waals surface area contributed by atoms with E-state index >= 15 is 0 Å². The van der Waals surface area contributed by atoms with Crippen LogP contribution in [0.1, 0.15) is 43.2 Å². The monoisotopic (exact) mass is 510 g/mol. The van der Waals surface area contributed by atoms with E-state index in [1.807, 2.05) is 4.90 Å². The SMILES string of the molecule is CCC1CN(c2nc(N)c(-c3nnc(CF)o3)[nH]c2=O)CCN1C1CCN(Cc2ccc(C)cc2)CC1. The van der Waals surface area contributed by atoms with Gasteiger partial charge in [0, 0.05) is 38.3 Å². The zero-order chi connectivity index (χ0) is 25.9. The summed E-state index contributed by atoms with van der Waals surface area (Å²) in [6.07, 6.45) is 3.28. The van der Waals surface area contributed by atoms with Crippen LogP contribution in [0.15, 0.2) is 33.5 Å². The summed E-state index contributed by atoms with van der Waals surface area (Å²) in [5.74, 6) is 0.131. The maximum absolute atomic E-state index is 12.9. The van der Waals surface area contributed by atoms with Gasteiger partial charge in [0.05, 0.1) is 0 Å². The summed E-state index contributed by atoms with van der Waals surface area (Å²) in [6, 6.07) is 9.69. The van der Waals surface area contributed by atoms with Crippen molar-refractivity contribution in [3.63, 3.8) is 0 Å². The van der Waals surface area contributed by atoms with Crippen molar-refractivity contribution in [1.29, 1.82) is 0 Å². The Labute approximate surface area is 215 Å². The third-order valence-corrected chi connectivity index (χ3v) is 7.57. The molecule has 1 unspecified atom stereocenters. The highest BCUT2D eigenvalue weighted by Gasteiger charge is 2.34. The normalized spacial score (nSPS) is 20.0. The number of nitrogens with one attached hydrogen (secondary N) is 1. The molecule has 2 aliphatic heterocycles. The highest BCUT2D eigenvalue weighted by Crippen LogP contribution is 2.27. The summed E-state index contributed by atoms with van der Waals surface area (Å²) < 4.78 is 18.0. The molecule has 3 N–H and O–H groups in total. The fraction of sp³-hybridized carbons (Fsp3) is 0.538. The van der Waals surface area contributed by atoms with E-state index in [0.29, 0.717) is 25.2 Å². The van der Waals surface area contributed by atoms with Crippen LogP contribution >= 0.6 is 0 Å². The van der Waals surface area contributed by atoms with Crippen LogP contribution in [0.2, 0.25) is 0 Å². The number of rotatable bonds is 7. The Hall–Kier alpha value is -3.31.